The molecule has 0 aromatic rings. The maximum Gasteiger partial charge on any atom is 0.192 e. The smallest absolute Gasteiger partial charge is 0.192 e. The lowest BCUT2D eigenvalue weighted by Crippen LogP contribution is -2.44. The van der Waals surface area contributed by atoms with Gasteiger partial charge in [0.1, 0.15) is 0 Å². The molecule has 19 heavy (non-hydrogen) atoms. The Morgan fingerprint density at radius 3 is 1.74 bits per heavy atom. The average Bonchev–Trinajstić information content (AvgIpc) is 2.28. The van der Waals surface area contributed by atoms with Crippen LogP contribution >= 0.6 is 0 Å². The van der Waals surface area contributed by atoms with Crippen molar-refractivity contribution in [2.24, 2.45) is 0 Å². The minimum Gasteiger partial charge on any atom is -0.414 e. The fourth-order valence-corrected chi connectivity index (χ4v) is 3.93. The molecule has 1 N–H and O–H groups in total. The summed E-state index contributed by atoms with van der Waals surface area (Å²) in [6.07, 6.45) is 9.43. The highest BCUT2D eigenvalue weighted by molar-refractivity contribution is 6.74. The van der Waals surface area contributed by atoms with Gasteiger partial charge in [-0.15, -0.1) is 0 Å². The van der Waals surface area contributed by atoms with Crippen molar-refractivity contribution in [2.45, 2.75) is 102 Å². The van der Waals surface area contributed by atoms with Gasteiger partial charge in [0.05, 0.1) is 6.10 Å². The van der Waals surface area contributed by atoms with Crippen LogP contribution < -0.4 is 0 Å². The maximum absolute atomic E-state index is 9.77. The van der Waals surface area contributed by atoms with E-state index >= 15 is 0 Å². The summed E-state index contributed by atoms with van der Waals surface area (Å²) in [5.41, 5.74) is 0. The lowest BCUT2D eigenvalue weighted by atomic mass is 9.98. The number of rotatable bonds is 2. The first kappa shape index (κ1) is 17.2. The second kappa shape index (κ2) is 7.23. The largest absolute Gasteiger partial charge is 0.414 e. The van der Waals surface area contributed by atoms with Crippen LogP contribution in [0.1, 0.15) is 72.1 Å². The van der Waals surface area contributed by atoms with Crippen LogP contribution in [-0.2, 0) is 4.43 Å². The van der Waals surface area contributed by atoms with Gasteiger partial charge in [-0.25, -0.2) is 0 Å². The molecule has 0 atom stereocenters. The zero-order valence-electron chi connectivity index (χ0n) is 13.7. The Morgan fingerprint density at radius 1 is 0.895 bits per heavy atom. The van der Waals surface area contributed by atoms with Gasteiger partial charge in [0, 0.05) is 6.10 Å². The van der Waals surface area contributed by atoms with Crippen LogP contribution in [0, 0.1) is 0 Å². The van der Waals surface area contributed by atoms with Gasteiger partial charge in [0.25, 0.3) is 0 Å². The molecule has 0 amide bonds. The van der Waals surface area contributed by atoms with E-state index in [9.17, 15) is 5.11 Å². The van der Waals surface area contributed by atoms with E-state index in [1.54, 1.807) is 0 Å². The van der Waals surface area contributed by atoms with E-state index in [0.29, 0.717) is 11.1 Å². The van der Waals surface area contributed by atoms with Crippen molar-refractivity contribution in [2.75, 3.05) is 0 Å². The molecule has 3 heteroatoms. The first-order chi connectivity index (χ1) is 8.72. The Labute approximate surface area is 121 Å². The van der Waals surface area contributed by atoms with Gasteiger partial charge in [-0.05, 0) is 43.8 Å². The van der Waals surface area contributed by atoms with Crippen molar-refractivity contribution >= 4 is 8.32 Å². The molecule has 1 saturated carbocycles. The molecule has 2 nitrogen and oxygen atoms in total. The molecule has 1 rings (SSSR count). The SMILES string of the molecule is CC(C)(C)[Si](C)(C)OC1CCCCC(O)CCCC1. The minimum atomic E-state index is -1.62. The molecule has 0 radical (unpaired) electrons. The third kappa shape index (κ3) is 5.97. The highest BCUT2D eigenvalue weighted by atomic mass is 28.4. The second-order valence-corrected chi connectivity index (χ2v) is 12.5. The number of aliphatic hydroxyl groups excluding tert-OH is 1. The van der Waals surface area contributed by atoms with E-state index < -0.39 is 8.32 Å². The van der Waals surface area contributed by atoms with Crippen molar-refractivity contribution in [1.82, 2.24) is 0 Å². The van der Waals surface area contributed by atoms with Gasteiger partial charge in [-0.2, -0.15) is 0 Å². The summed E-state index contributed by atoms with van der Waals surface area (Å²) in [5, 5.41) is 10.1. The van der Waals surface area contributed by atoms with E-state index in [1.807, 2.05) is 0 Å². The van der Waals surface area contributed by atoms with Crippen LogP contribution in [0.25, 0.3) is 0 Å². The summed E-state index contributed by atoms with van der Waals surface area (Å²) in [6, 6.07) is 0. The topological polar surface area (TPSA) is 29.5 Å². The molecule has 1 fully saturated rings. The third-order valence-corrected chi connectivity index (χ3v) is 9.43. The molecule has 0 saturated heterocycles. The lowest BCUT2D eigenvalue weighted by Gasteiger charge is -2.39. The van der Waals surface area contributed by atoms with Crippen LogP contribution in [0.15, 0.2) is 0 Å². The molecule has 114 valence electrons. The number of hydrogen-bond acceptors (Lipinski definition) is 2. The Balaban J connectivity index is 2.51. The zero-order chi connectivity index (χ0) is 14.5. The van der Waals surface area contributed by atoms with Crippen LogP contribution in [0.2, 0.25) is 18.1 Å². The summed E-state index contributed by atoms with van der Waals surface area (Å²) in [4.78, 5) is 0. The van der Waals surface area contributed by atoms with Crippen molar-refractivity contribution < 1.29 is 9.53 Å². The van der Waals surface area contributed by atoms with Gasteiger partial charge in [-0.1, -0.05) is 46.5 Å². The van der Waals surface area contributed by atoms with Crippen LogP contribution in [0.3, 0.4) is 0 Å². The Morgan fingerprint density at radius 2 is 1.32 bits per heavy atom. The quantitative estimate of drug-likeness (QED) is 0.734. The van der Waals surface area contributed by atoms with E-state index in [4.69, 9.17) is 4.43 Å². The fraction of sp³-hybridized carbons (Fsp3) is 1.00. The maximum atomic E-state index is 9.77. The summed E-state index contributed by atoms with van der Waals surface area (Å²) in [5.74, 6) is 0. The highest BCUT2D eigenvalue weighted by Gasteiger charge is 2.38. The molecular formula is C16H34O2Si. The third-order valence-electron chi connectivity index (χ3n) is 4.89. The van der Waals surface area contributed by atoms with Gasteiger partial charge in [0.15, 0.2) is 8.32 Å². The predicted octanol–water partition coefficient (Wildman–Crippen LogP) is 4.87. The van der Waals surface area contributed by atoms with E-state index in [0.717, 1.165) is 25.7 Å². The molecular weight excluding hydrogens is 252 g/mol. The monoisotopic (exact) mass is 286 g/mol. The molecule has 0 aromatic heterocycles. The summed E-state index contributed by atoms with van der Waals surface area (Å²) < 4.78 is 6.58. The number of hydrogen-bond donors (Lipinski definition) is 1. The zero-order valence-corrected chi connectivity index (χ0v) is 14.7. The average molecular weight is 287 g/mol. The minimum absolute atomic E-state index is 0.0575. The second-order valence-electron chi connectivity index (χ2n) is 7.72. The molecule has 0 aromatic carbocycles. The molecule has 0 aliphatic heterocycles. The summed E-state index contributed by atoms with van der Waals surface area (Å²) >= 11 is 0. The lowest BCUT2D eigenvalue weighted by molar-refractivity contribution is 0.121. The van der Waals surface area contributed by atoms with Gasteiger partial charge in [-0.3, -0.25) is 0 Å². The number of aliphatic hydroxyl groups is 1. The molecule has 0 spiro atoms. The Bertz CT molecular complexity index is 246. The van der Waals surface area contributed by atoms with Crippen LogP contribution in [0.5, 0.6) is 0 Å². The van der Waals surface area contributed by atoms with Gasteiger partial charge < -0.3 is 9.53 Å². The Kier molecular flexibility index (Phi) is 6.54. The Hall–Kier alpha value is 0.137. The summed E-state index contributed by atoms with van der Waals surface area (Å²) in [6.45, 7) is 11.7. The van der Waals surface area contributed by atoms with E-state index in [1.165, 1.54) is 25.7 Å². The first-order valence-electron chi connectivity index (χ1n) is 8.08. The molecule has 0 unspecified atom stereocenters. The highest BCUT2D eigenvalue weighted by Crippen LogP contribution is 2.38. The van der Waals surface area contributed by atoms with Crippen molar-refractivity contribution in [3.63, 3.8) is 0 Å². The molecule has 1 aliphatic carbocycles. The van der Waals surface area contributed by atoms with Crippen molar-refractivity contribution in [3.05, 3.63) is 0 Å². The van der Waals surface area contributed by atoms with Crippen LogP contribution in [-0.4, -0.2) is 25.6 Å². The van der Waals surface area contributed by atoms with Gasteiger partial charge in [0.2, 0.25) is 0 Å². The standard InChI is InChI=1S/C16H34O2Si/c1-16(2,3)19(4,5)18-15-12-8-6-10-14(17)11-7-9-13-15/h14-15,17H,6-13H2,1-5H3. The van der Waals surface area contributed by atoms with Crippen LogP contribution in [0.4, 0.5) is 0 Å². The predicted molar refractivity (Wildman–Crippen MR) is 85.0 cm³/mol. The molecule has 0 heterocycles. The normalized spacial score (nSPS) is 28.1. The van der Waals surface area contributed by atoms with Gasteiger partial charge >= 0.3 is 0 Å². The summed E-state index contributed by atoms with van der Waals surface area (Å²) in [7, 11) is -1.62. The first-order valence-corrected chi connectivity index (χ1v) is 11.0. The van der Waals surface area contributed by atoms with E-state index in [-0.39, 0.29) is 6.10 Å². The molecule has 0 bridgehead atoms. The fourth-order valence-electron chi connectivity index (χ4n) is 2.50. The van der Waals surface area contributed by atoms with E-state index in [2.05, 4.69) is 33.9 Å². The van der Waals surface area contributed by atoms with Crippen molar-refractivity contribution in [3.8, 4) is 0 Å². The van der Waals surface area contributed by atoms with Crippen molar-refractivity contribution in [1.29, 1.82) is 0 Å². The molecule has 1 aliphatic rings.